The van der Waals surface area contributed by atoms with Gasteiger partial charge in [0, 0.05) is 61.5 Å². The molecule has 4 heterocycles. The number of likely N-dealkylation sites (tertiary alicyclic amines) is 2. The van der Waals surface area contributed by atoms with Gasteiger partial charge in [0.25, 0.3) is 0 Å². The summed E-state index contributed by atoms with van der Waals surface area (Å²) in [7, 11) is 0. The predicted molar refractivity (Wildman–Crippen MR) is 117 cm³/mol. The van der Waals surface area contributed by atoms with E-state index in [2.05, 4.69) is 25.1 Å². The van der Waals surface area contributed by atoms with E-state index >= 15 is 0 Å². The summed E-state index contributed by atoms with van der Waals surface area (Å²) in [5.41, 5.74) is -0.495. The number of amides is 2. The molecule has 0 radical (unpaired) electrons. The number of carbonyl (C=O) groups excluding carboxylic acids is 1. The van der Waals surface area contributed by atoms with Gasteiger partial charge in [-0.05, 0) is 50.5 Å². The second kappa shape index (κ2) is 7.16. The first kappa shape index (κ1) is 21.6. The van der Waals surface area contributed by atoms with Crippen LogP contribution in [0.1, 0.15) is 73.5 Å². The van der Waals surface area contributed by atoms with Crippen molar-refractivity contribution in [1.82, 2.24) is 34.9 Å². The van der Waals surface area contributed by atoms with Gasteiger partial charge in [-0.1, -0.05) is 0 Å². The van der Waals surface area contributed by atoms with Crippen LogP contribution in [0.3, 0.4) is 0 Å². The number of aromatic amines is 1. The van der Waals surface area contributed by atoms with Gasteiger partial charge < -0.3 is 9.80 Å². The van der Waals surface area contributed by atoms with Crippen LogP contribution in [0.5, 0.6) is 0 Å². The molecule has 5 aliphatic rings. The molecule has 35 heavy (non-hydrogen) atoms. The maximum absolute atomic E-state index is 12.9. The van der Waals surface area contributed by atoms with Crippen molar-refractivity contribution in [1.29, 1.82) is 0 Å². The predicted octanol–water partition coefficient (Wildman–Crippen LogP) is 3.75. The van der Waals surface area contributed by atoms with Crippen molar-refractivity contribution in [3.05, 3.63) is 35.4 Å². The first-order valence-corrected chi connectivity index (χ1v) is 12.5. The van der Waals surface area contributed by atoms with Crippen molar-refractivity contribution in [2.24, 2.45) is 16.7 Å². The lowest BCUT2D eigenvalue weighted by atomic mass is 9.56. The minimum Gasteiger partial charge on any atom is -0.323 e. The molecule has 0 bridgehead atoms. The molecule has 0 unspecified atom stereocenters. The van der Waals surface area contributed by atoms with Crippen molar-refractivity contribution >= 4 is 6.03 Å². The fourth-order valence-electron chi connectivity index (χ4n) is 6.91. The summed E-state index contributed by atoms with van der Waals surface area (Å²) < 4.78 is 38.6. The second-order valence-electron chi connectivity index (χ2n) is 11.8. The lowest BCUT2D eigenvalue weighted by molar-refractivity contribution is -0.141. The number of aromatic nitrogens is 5. The molecule has 5 fully saturated rings. The Hall–Kier alpha value is -2.72. The number of urea groups is 1. The van der Waals surface area contributed by atoms with Crippen molar-refractivity contribution in [2.45, 2.75) is 63.0 Å². The molecule has 3 aliphatic carbocycles. The van der Waals surface area contributed by atoms with E-state index in [1.165, 1.54) is 19.0 Å². The Morgan fingerprint density at radius 3 is 2.29 bits per heavy atom. The molecule has 8 nitrogen and oxygen atoms in total. The van der Waals surface area contributed by atoms with E-state index in [-0.39, 0.29) is 28.6 Å². The summed E-state index contributed by atoms with van der Waals surface area (Å²) >= 11 is 0. The fourth-order valence-corrected chi connectivity index (χ4v) is 6.91. The van der Waals surface area contributed by atoms with Gasteiger partial charge in [0.05, 0.1) is 0 Å². The average molecular weight is 488 g/mol. The molecule has 0 aromatic carbocycles. The van der Waals surface area contributed by atoms with Gasteiger partial charge in [0.1, 0.15) is 17.3 Å². The van der Waals surface area contributed by atoms with Crippen LogP contribution in [-0.4, -0.2) is 67.2 Å². The topological polar surface area (TPSA) is 90.9 Å². The van der Waals surface area contributed by atoms with Gasteiger partial charge in [-0.15, -0.1) is 0 Å². The maximum atomic E-state index is 12.9. The van der Waals surface area contributed by atoms with E-state index in [4.69, 9.17) is 0 Å². The molecule has 2 saturated heterocycles. The summed E-state index contributed by atoms with van der Waals surface area (Å²) in [4.78, 5) is 29.2. The highest BCUT2D eigenvalue weighted by atomic mass is 19.4. The van der Waals surface area contributed by atoms with E-state index in [1.54, 1.807) is 0 Å². The zero-order valence-corrected chi connectivity index (χ0v) is 19.4. The third-order valence-corrected chi connectivity index (χ3v) is 8.76. The van der Waals surface area contributed by atoms with Gasteiger partial charge in [-0.2, -0.15) is 18.3 Å². The number of rotatable bonds is 4. The van der Waals surface area contributed by atoms with Gasteiger partial charge in [0.15, 0.2) is 5.82 Å². The Balaban J connectivity index is 0.851. The highest BCUT2D eigenvalue weighted by molar-refractivity contribution is 5.77. The SMILES string of the molecule is O=C(N1CC2(CC(Cc3nccc(C(F)(F)F)n3)C2)C1)N1CC2(CC(c3nc(C4CC4)n[nH]3)C2)C1. The van der Waals surface area contributed by atoms with Crippen LogP contribution in [0.2, 0.25) is 0 Å². The third kappa shape index (κ3) is 3.69. The Morgan fingerprint density at radius 1 is 1.00 bits per heavy atom. The van der Waals surface area contributed by atoms with Gasteiger partial charge in [0.2, 0.25) is 0 Å². The van der Waals surface area contributed by atoms with Crippen LogP contribution < -0.4 is 0 Å². The molecule has 2 aliphatic heterocycles. The van der Waals surface area contributed by atoms with Crippen LogP contribution >= 0.6 is 0 Å². The van der Waals surface area contributed by atoms with Gasteiger partial charge in [-0.3, -0.25) is 5.10 Å². The van der Waals surface area contributed by atoms with Crippen LogP contribution in [0, 0.1) is 16.7 Å². The quantitative estimate of drug-likeness (QED) is 0.710. The number of carbonyl (C=O) groups is 1. The Labute approximate surface area is 200 Å². The van der Waals surface area contributed by atoms with Gasteiger partial charge in [-0.25, -0.2) is 19.7 Å². The maximum Gasteiger partial charge on any atom is 0.433 e. The van der Waals surface area contributed by atoms with Crippen LogP contribution in [0.4, 0.5) is 18.0 Å². The lowest BCUT2D eigenvalue weighted by Gasteiger charge is -2.63. The monoisotopic (exact) mass is 487 g/mol. The zero-order chi connectivity index (χ0) is 24.0. The molecular weight excluding hydrogens is 459 g/mol. The van der Waals surface area contributed by atoms with Crippen LogP contribution in [0.25, 0.3) is 0 Å². The van der Waals surface area contributed by atoms with E-state index in [1.807, 2.05) is 9.80 Å². The Bertz CT molecular complexity index is 1150. The first-order valence-electron chi connectivity index (χ1n) is 12.5. The number of nitrogens with one attached hydrogen (secondary N) is 1. The van der Waals surface area contributed by atoms with Crippen LogP contribution in [0.15, 0.2) is 12.3 Å². The minimum atomic E-state index is -4.45. The summed E-state index contributed by atoms with van der Waals surface area (Å²) in [6, 6.07) is 1.04. The highest BCUT2D eigenvalue weighted by Crippen LogP contribution is 2.57. The number of hydrogen-bond acceptors (Lipinski definition) is 5. The molecule has 2 aromatic rings. The summed E-state index contributed by atoms with van der Waals surface area (Å²) in [6.45, 7) is 3.15. The molecule has 2 aromatic heterocycles. The molecule has 186 valence electrons. The van der Waals surface area contributed by atoms with Crippen LogP contribution in [-0.2, 0) is 12.6 Å². The van der Waals surface area contributed by atoms with Crippen molar-refractivity contribution in [2.75, 3.05) is 26.2 Å². The van der Waals surface area contributed by atoms with E-state index in [9.17, 15) is 18.0 Å². The Kier molecular flexibility index (Phi) is 4.41. The molecular formula is C24H28F3N7O. The fraction of sp³-hybridized carbons (Fsp3) is 0.708. The van der Waals surface area contributed by atoms with E-state index in [0.29, 0.717) is 18.3 Å². The minimum absolute atomic E-state index is 0.130. The number of halogens is 3. The van der Waals surface area contributed by atoms with Crippen molar-refractivity contribution in [3.63, 3.8) is 0 Å². The third-order valence-electron chi connectivity index (χ3n) is 8.76. The number of alkyl halides is 3. The van der Waals surface area contributed by atoms with E-state index < -0.39 is 11.9 Å². The van der Waals surface area contributed by atoms with Gasteiger partial charge >= 0.3 is 12.2 Å². The standard InChI is InChI=1S/C24H28F3N7O/c25-24(26,27)17-3-4-28-18(29-17)5-14-6-22(7-14)10-33(11-22)21(35)34-12-23(13-34)8-16(9-23)20-30-19(31-32-20)15-1-2-15/h3-4,14-16H,1-2,5-13H2,(H,30,31,32). The molecule has 11 heteroatoms. The normalized spacial score (nSPS) is 25.2. The number of H-pyrrole nitrogens is 1. The van der Waals surface area contributed by atoms with E-state index in [0.717, 1.165) is 69.6 Å². The number of hydrogen-bond donors (Lipinski definition) is 1. The molecule has 7 rings (SSSR count). The van der Waals surface area contributed by atoms with Crippen molar-refractivity contribution in [3.8, 4) is 0 Å². The molecule has 2 spiro atoms. The largest absolute Gasteiger partial charge is 0.433 e. The average Bonchev–Trinajstić information content (AvgIpc) is 3.44. The molecule has 1 N–H and O–H groups in total. The van der Waals surface area contributed by atoms with Crippen molar-refractivity contribution < 1.29 is 18.0 Å². The zero-order valence-electron chi connectivity index (χ0n) is 19.4. The summed E-state index contributed by atoms with van der Waals surface area (Å²) in [5, 5.41) is 7.50. The summed E-state index contributed by atoms with van der Waals surface area (Å²) in [6.07, 6.45) is 3.58. The molecule has 3 saturated carbocycles. The number of nitrogens with zero attached hydrogens (tertiary/aromatic N) is 6. The lowest BCUT2D eigenvalue weighted by Crippen LogP contribution is -2.71. The smallest absolute Gasteiger partial charge is 0.323 e. The highest BCUT2D eigenvalue weighted by Gasteiger charge is 2.58. The first-order chi connectivity index (χ1) is 16.7. The second-order valence-corrected chi connectivity index (χ2v) is 11.8. The molecule has 2 amide bonds. The molecule has 0 atom stereocenters. The summed E-state index contributed by atoms with van der Waals surface area (Å²) in [5.74, 6) is 3.52. The Morgan fingerprint density at radius 2 is 1.66 bits per heavy atom.